The standard InChI is InChI=1S/C11H15N3/c1-14(2)11(12)9-7-13-10-6-4-3-5-8(9)10/h3-7,11,13H,12H2,1-2H3. The summed E-state index contributed by atoms with van der Waals surface area (Å²) in [5, 5.41) is 1.20. The van der Waals surface area contributed by atoms with Crippen LogP contribution in [0.4, 0.5) is 0 Å². The van der Waals surface area contributed by atoms with Gasteiger partial charge in [0.15, 0.2) is 0 Å². The Morgan fingerprint density at radius 3 is 2.71 bits per heavy atom. The van der Waals surface area contributed by atoms with Crippen LogP contribution < -0.4 is 5.73 Å². The SMILES string of the molecule is CN(C)C(N)c1c[nH]c2ccccc12. The number of H-pyrrole nitrogens is 1. The number of aromatic amines is 1. The lowest BCUT2D eigenvalue weighted by Crippen LogP contribution is -2.27. The molecule has 14 heavy (non-hydrogen) atoms. The highest BCUT2D eigenvalue weighted by molar-refractivity contribution is 5.83. The highest BCUT2D eigenvalue weighted by Crippen LogP contribution is 2.23. The van der Waals surface area contributed by atoms with Crippen LogP contribution in [0.1, 0.15) is 11.7 Å². The third-order valence-electron chi connectivity index (χ3n) is 2.50. The summed E-state index contributed by atoms with van der Waals surface area (Å²) in [5.41, 5.74) is 8.34. The first-order valence-corrected chi connectivity index (χ1v) is 4.68. The molecule has 0 spiro atoms. The van der Waals surface area contributed by atoms with E-state index in [1.165, 1.54) is 5.39 Å². The van der Waals surface area contributed by atoms with Crippen LogP contribution in [-0.2, 0) is 0 Å². The van der Waals surface area contributed by atoms with Crippen LogP contribution in [-0.4, -0.2) is 24.0 Å². The van der Waals surface area contributed by atoms with Gasteiger partial charge in [-0.2, -0.15) is 0 Å². The van der Waals surface area contributed by atoms with E-state index in [1.807, 2.05) is 37.3 Å². The molecule has 3 N–H and O–H groups in total. The van der Waals surface area contributed by atoms with E-state index in [0.717, 1.165) is 11.1 Å². The van der Waals surface area contributed by atoms with Crippen molar-refractivity contribution in [1.82, 2.24) is 9.88 Å². The van der Waals surface area contributed by atoms with Gasteiger partial charge in [-0.15, -0.1) is 0 Å². The number of nitrogens with two attached hydrogens (primary N) is 1. The van der Waals surface area contributed by atoms with Gasteiger partial charge in [-0.1, -0.05) is 18.2 Å². The Labute approximate surface area is 83.5 Å². The molecule has 1 atom stereocenters. The summed E-state index contributed by atoms with van der Waals surface area (Å²) >= 11 is 0. The molecule has 0 bridgehead atoms. The van der Waals surface area contributed by atoms with Gasteiger partial charge >= 0.3 is 0 Å². The van der Waals surface area contributed by atoms with Crippen LogP contribution in [0.15, 0.2) is 30.5 Å². The van der Waals surface area contributed by atoms with Gasteiger partial charge < -0.3 is 10.7 Å². The maximum absolute atomic E-state index is 6.05. The fourth-order valence-electron chi connectivity index (χ4n) is 1.62. The zero-order chi connectivity index (χ0) is 10.1. The topological polar surface area (TPSA) is 45.0 Å². The average Bonchev–Trinajstić information content (AvgIpc) is 2.60. The summed E-state index contributed by atoms with van der Waals surface area (Å²) in [4.78, 5) is 5.21. The van der Waals surface area contributed by atoms with Gasteiger partial charge in [0.1, 0.15) is 0 Å². The third kappa shape index (κ3) is 1.41. The smallest absolute Gasteiger partial charge is 0.0851 e. The number of nitrogens with zero attached hydrogens (tertiary/aromatic N) is 1. The number of fused-ring (bicyclic) bond motifs is 1. The van der Waals surface area contributed by atoms with E-state index in [1.54, 1.807) is 0 Å². The number of benzene rings is 1. The number of aromatic nitrogens is 1. The van der Waals surface area contributed by atoms with Crippen LogP contribution in [0, 0.1) is 0 Å². The Morgan fingerprint density at radius 2 is 2.00 bits per heavy atom. The molecular formula is C11H15N3. The van der Waals surface area contributed by atoms with Crippen LogP contribution in [0.2, 0.25) is 0 Å². The van der Waals surface area contributed by atoms with Gasteiger partial charge in [0.2, 0.25) is 0 Å². The van der Waals surface area contributed by atoms with Crippen molar-refractivity contribution in [3.05, 3.63) is 36.0 Å². The van der Waals surface area contributed by atoms with Crippen LogP contribution in [0.5, 0.6) is 0 Å². The zero-order valence-corrected chi connectivity index (χ0v) is 8.49. The number of hydrogen-bond donors (Lipinski definition) is 2. The molecule has 1 unspecified atom stereocenters. The molecule has 0 saturated carbocycles. The first kappa shape index (κ1) is 9.24. The molecule has 1 aromatic carbocycles. The fraction of sp³-hybridized carbons (Fsp3) is 0.273. The van der Waals surface area contributed by atoms with Gasteiger partial charge in [-0.3, -0.25) is 4.90 Å². The van der Waals surface area contributed by atoms with Crippen molar-refractivity contribution in [2.24, 2.45) is 5.73 Å². The number of rotatable bonds is 2. The van der Waals surface area contributed by atoms with E-state index in [4.69, 9.17) is 5.73 Å². The number of hydrogen-bond acceptors (Lipinski definition) is 2. The third-order valence-corrected chi connectivity index (χ3v) is 2.50. The molecule has 0 saturated heterocycles. The lowest BCUT2D eigenvalue weighted by Gasteiger charge is -2.18. The van der Waals surface area contributed by atoms with E-state index in [0.29, 0.717) is 0 Å². The van der Waals surface area contributed by atoms with E-state index in [2.05, 4.69) is 17.1 Å². The molecule has 0 aliphatic carbocycles. The van der Waals surface area contributed by atoms with Gasteiger partial charge in [-0.05, 0) is 20.2 Å². The van der Waals surface area contributed by atoms with Crippen molar-refractivity contribution in [2.45, 2.75) is 6.17 Å². The van der Waals surface area contributed by atoms with Crippen molar-refractivity contribution >= 4 is 10.9 Å². The van der Waals surface area contributed by atoms with Gasteiger partial charge in [0, 0.05) is 22.7 Å². The minimum atomic E-state index is -0.0499. The van der Waals surface area contributed by atoms with Gasteiger partial charge in [0.25, 0.3) is 0 Å². The highest BCUT2D eigenvalue weighted by atomic mass is 15.2. The Kier molecular flexibility index (Phi) is 2.27. The van der Waals surface area contributed by atoms with E-state index < -0.39 is 0 Å². The van der Waals surface area contributed by atoms with Crippen molar-refractivity contribution in [1.29, 1.82) is 0 Å². The molecule has 1 aromatic heterocycles. The summed E-state index contributed by atoms with van der Waals surface area (Å²) in [7, 11) is 3.96. The zero-order valence-electron chi connectivity index (χ0n) is 8.49. The maximum atomic E-state index is 6.05. The van der Waals surface area contributed by atoms with Crippen molar-refractivity contribution < 1.29 is 0 Å². The summed E-state index contributed by atoms with van der Waals surface area (Å²) in [6.07, 6.45) is 1.93. The molecule has 0 radical (unpaired) electrons. The maximum Gasteiger partial charge on any atom is 0.0851 e. The Bertz CT molecular complexity index is 431. The highest BCUT2D eigenvalue weighted by Gasteiger charge is 2.12. The molecule has 3 heteroatoms. The summed E-state index contributed by atoms with van der Waals surface area (Å²) in [6.45, 7) is 0. The lowest BCUT2D eigenvalue weighted by molar-refractivity contribution is 0.309. The molecule has 3 nitrogen and oxygen atoms in total. The monoisotopic (exact) mass is 189 g/mol. The quantitative estimate of drug-likeness (QED) is 0.706. The van der Waals surface area contributed by atoms with Gasteiger partial charge in [0.05, 0.1) is 6.17 Å². The van der Waals surface area contributed by atoms with E-state index >= 15 is 0 Å². The molecule has 2 rings (SSSR count). The Morgan fingerprint density at radius 1 is 1.29 bits per heavy atom. The van der Waals surface area contributed by atoms with E-state index in [9.17, 15) is 0 Å². The summed E-state index contributed by atoms with van der Waals surface area (Å²) in [5.74, 6) is 0. The Balaban J connectivity index is 2.53. The number of nitrogens with one attached hydrogen (secondary N) is 1. The largest absolute Gasteiger partial charge is 0.361 e. The minimum Gasteiger partial charge on any atom is -0.361 e. The lowest BCUT2D eigenvalue weighted by atomic mass is 10.1. The molecule has 74 valence electrons. The van der Waals surface area contributed by atoms with Crippen molar-refractivity contribution in [2.75, 3.05) is 14.1 Å². The van der Waals surface area contributed by atoms with Crippen molar-refractivity contribution in [3.8, 4) is 0 Å². The molecule has 0 fully saturated rings. The molecule has 2 aromatic rings. The number of para-hydroxylation sites is 1. The van der Waals surface area contributed by atoms with Crippen LogP contribution >= 0.6 is 0 Å². The summed E-state index contributed by atoms with van der Waals surface area (Å²) in [6, 6.07) is 8.19. The predicted octanol–water partition coefficient (Wildman–Crippen LogP) is 1.69. The summed E-state index contributed by atoms with van der Waals surface area (Å²) < 4.78 is 0. The first-order valence-electron chi connectivity index (χ1n) is 4.68. The molecular weight excluding hydrogens is 174 g/mol. The Hall–Kier alpha value is -1.32. The normalized spacial score (nSPS) is 13.7. The molecule has 0 amide bonds. The average molecular weight is 189 g/mol. The van der Waals surface area contributed by atoms with E-state index in [-0.39, 0.29) is 6.17 Å². The second kappa shape index (κ2) is 3.44. The molecule has 0 aliphatic heterocycles. The molecule has 1 heterocycles. The van der Waals surface area contributed by atoms with Crippen molar-refractivity contribution in [3.63, 3.8) is 0 Å². The van der Waals surface area contributed by atoms with Crippen LogP contribution in [0.25, 0.3) is 10.9 Å². The molecule has 0 aliphatic rings. The fourth-order valence-corrected chi connectivity index (χ4v) is 1.62. The minimum absolute atomic E-state index is 0.0499. The predicted molar refractivity (Wildman–Crippen MR) is 58.9 cm³/mol. The first-order chi connectivity index (χ1) is 6.70. The second-order valence-electron chi connectivity index (χ2n) is 3.70. The van der Waals surface area contributed by atoms with Crippen LogP contribution in [0.3, 0.4) is 0 Å². The van der Waals surface area contributed by atoms with Gasteiger partial charge in [-0.25, -0.2) is 0 Å². The second-order valence-corrected chi connectivity index (χ2v) is 3.70.